The van der Waals surface area contributed by atoms with Gasteiger partial charge in [-0.2, -0.15) is 0 Å². The molecule has 0 bridgehead atoms. The molecular formula is C16H21NO6. The molecule has 1 heterocycles. The summed E-state index contributed by atoms with van der Waals surface area (Å²) in [6, 6.07) is 4.39. The molecule has 1 aliphatic rings. The molecule has 1 saturated heterocycles. The number of hydrogen-bond acceptors (Lipinski definition) is 6. The first-order valence-electron chi connectivity index (χ1n) is 7.60. The number of nitrogens with two attached hydrogens (primary N) is 1. The molecular weight excluding hydrogens is 302 g/mol. The number of anilines is 1. The molecule has 126 valence electrons. The fourth-order valence-electron chi connectivity index (χ4n) is 2.33. The van der Waals surface area contributed by atoms with E-state index >= 15 is 0 Å². The minimum absolute atomic E-state index is 0.0290. The maximum atomic E-state index is 11.6. The lowest BCUT2D eigenvalue weighted by Gasteiger charge is -2.29. The predicted molar refractivity (Wildman–Crippen MR) is 82.2 cm³/mol. The van der Waals surface area contributed by atoms with Crippen molar-refractivity contribution in [2.45, 2.75) is 45.0 Å². The minimum atomic E-state index is -1.13. The van der Waals surface area contributed by atoms with Crippen molar-refractivity contribution >= 4 is 17.6 Å². The van der Waals surface area contributed by atoms with E-state index in [-0.39, 0.29) is 23.4 Å². The summed E-state index contributed by atoms with van der Waals surface area (Å²) in [4.78, 5) is 22.8. The highest BCUT2D eigenvalue weighted by atomic mass is 16.7. The first-order valence-corrected chi connectivity index (χ1v) is 7.60. The van der Waals surface area contributed by atoms with Gasteiger partial charge in [-0.3, -0.25) is 4.79 Å². The third-order valence-corrected chi connectivity index (χ3v) is 3.44. The molecule has 1 aliphatic heterocycles. The molecule has 1 aromatic rings. The predicted octanol–water partition coefficient (Wildman–Crippen LogP) is 2.19. The highest BCUT2D eigenvalue weighted by Crippen LogP contribution is 2.26. The number of rotatable bonds is 6. The summed E-state index contributed by atoms with van der Waals surface area (Å²) in [6.45, 7) is 2.29. The number of esters is 1. The zero-order chi connectivity index (χ0) is 16.8. The molecule has 0 saturated carbocycles. The van der Waals surface area contributed by atoms with Crippen LogP contribution in [0, 0.1) is 0 Å². The van der Waals surface area contributed by atoms with Gasteiger partial charge in [0.05, 0.1) is 6.61 Å². The van der Waals surface area contributed by atoms with Crippen molar-refractivity contribution in [3.8, 4) is 5.75 Å². The Labute approximate surface area is 134 Å². The largest absolute Gasteiger partial charge is 0.478 e. The molecule has 23 heavy (non-hydrogen) atoms. The van der Waals surface area contributed by atoms with Gasteiger partial charge in [-0.25, -0.2) is 4.79 Å². The summed E-state index contributed by atoms with van der Waals surface area (Å²) in [5.41, 5.74) is 5.91. The van der Waals surface area contributed by atoms with Crippen molar-refractivity contribution in [2.24, 2.45) is 0 Å². The van der Waals surface area contributed by atoms with Gasteiger partial charge in [0.15, 0.2) is 0 Å². The van der Waals surface area contributed by atoms with Gasteiger partial charge >= 0.3 is 11.9 Å². The van der Waals surface area contributed by atoms with Crippen molar-refractivity contribution in [1.82, 2.24) is 0 Å². The second kappa shape index (κ2) is 7.82. The Bertz CT molecular complexity index is 574. The summed E-state index contributed by atoms with van der Waals surface area (Å²) in [6.07, 6.45) is 1.13. The normalized spacial score (nSPS) is 20.7. The van der Waals surface area contributed by atoms with Gasteiger partial charge in [-0.15, -0.1) is 0 Å². The average molecular weight is 323 g/mol. The summed E-state index contributed by atoms with van der Waals surface area (Å²) < 4.78 is 16.5. The van der Waals surface area contributed by atoms with E-state index in [1.807, 2.05) is 6.92 Å². The first kappa shape index (κ1) is 17.1. The number of carbonyl (C=O) groups excluding carboxylic acids is 1. The Morgan fingerprint density at radius 1 is 1.43 bits per heavy atom. The molecule has 2 rings (SSSR count). The van der Waals surface area contributed by atoms with E-state index in [1.54, 1.807) is 6.07 Å². The van der Waals surface area contributed by atoms with Crippen LogP contribution in [0.5, 0.6) is 5.75 Å². The Kier molecular flexibility index (Phi) is 5.81. The number of carbonyl (C=O) groups is 2. The second-order valence-corrected chi connectivity index (χ2v) is 5.37. The molecule has 1 unspecified atom stereocenters. The van der Waals surface area contributed by atoms with E-state index in [9.17, 15) is 14.7 Å². The van der Waals surface area contributed by atoms with E-state index in [0.29, 0.717) is 31.6 Å². The third-order valence-electron chi connectivity index (χ3n) is 3.44. The first-order chi connectivity index (χ1) is 11.0. The standard InChI is InChI=1S/C16H21NO6/c1-2-3-14(18)22-11-6-7-21-15(9-11)23-13-5-4-10(17)8-12(13)16(19)20/h4-5,8,11,15H,2-3,6-7,9,17H2,1H3,(H,19,20)/t11?,15-/m0/s1. The van der Waals surface area contributed by atoms with Crippen molar-refractivity contribution in [3.05, 3.63) is 23.8 Å². The lowest BCUT2D eigenvalue weighted by atomic mass is 10.1. The summed E-state index contributed by atoms with van der Waals surface area (Å²) in [7, 11) is 0. The number of nitrogen functional groups attached to an aromatic ring is 1. The lowest BCUT2D eigenvalue weighted by Crippen LogP contribution is -2.35. The quantitative estimate of drug-likeness (QED) is 0.610. The molecule has 7 heteroatoms. The van der Waals surface area contributed by atoms with Crippen LogP contribution in [0.1, 0.15) is 43.0 Å². The van der Waals surface area contributed by atoms with Crippen LogP contribution in [0.2, 0.25) is 0 Å². The molecule has 2 atom stereocenters. The van der Waals surface area contributed by atoms with Crippen molar-refractivity contribution in [2.75, 3.05) is 12.3 Å². The Morgan fingerprint density at radius 2 is 2.22 bits per heavy atom. The van der Waals surface area contributed by atoms with Crippen LogP contribution in [0.3, 0.4) is 0 Å². The van der Waals surface area contributed by atoms with Gasteiger partial charge < -0.3 is 25.1 Å². The maximum absolute atomic E-state index is 11.6. The number of carboxylic acid groups (broad SMARTS) is 1. The topological polar surface area (TPSA) is 108 Å². The van der Waals surface area contributed by atoms with Crippen LogP contribution in [-0.2, 0) is 14.3 Å². The van der Waals surface area contributed by atoms with Crippen LogP contribution in [0.25, 0.3) is 0 Å². The van der Waals surface area contributed by atoms with Gasteiger partial charge in [-0.1, -0.05) is 6.92 Å². The highest BCUT2D eigenvalue weighted by molar-refractivity contribution is 5.92. The lowest BCUT2D eigenvalue weighted by molar-refractivity contribution is -0.170. The molecule has 0 aromatic heterocycles. The second-order valence-electron chi connectivity index (χ2n) is 5.37. The van der Waals surface area contributed by atoms with Gasteiger partial charge in [0.1, 0.15) is 17.4 Å². The summed E-state index contributed by atoms with van der Waals surface area (Å²) in [5.74, 6) is -1.19. The van der Waals surface area contributed by atoms with Gasteiger partial charge in [0.2, 0.25) is 6.29 Å². The SMILES string of the molecule is CCCC(=O)OC1CCO[C@@H](Oc2ccc(N)cc2C(=O)O)C1. The van der Waals surface area contributed by atoms with E-state index < -0.39 is 12.3 Å². The Morgan fingerprint density at radius 3 is 2.91 bits per heavy atom. The molecule has 1 fully saturated rings. The minimum Gasteiger partial charge on any atom is -0.478 e. The van der Waals surface area contributed by atoms with E-state index in [4.69, 9.17) is 19.9 Å². The monoisotopic (exact) mass is 323 g/mol. The third kappa shape index (κ3) is 4.85. The number of hydrogen-bond donors (Lipinski definition) is 2. The van der Waals surface area contributed by atoms with Crippen LogP contribution in [0.4, 0.5) is 5.69 Å². The summed E-state index contributed by atoms with van der Waals surface area (Å²) in [5, 5.41) is 9.20. The van der Waals surface area contributed by atoms with Gasteiger partial charge in [0.25, 0.3) is 0 Å². The van der Waals surface area contributed by atoms with E-state index in [2.05, 4.69) is 0 Å². The zero-order valence-electron chi connectivity index (χ0n) is 13.0. The molecule has 3 N–H and O–H groups in total. The number of carboxylic acids is 1. The number of aromatic carboxylic acids is 1. The van der Waals surface area contributed by atoms with E-state index in [1.165, 1.54) is 12.1 Å². The van der Waals surface area contributed by atoms with Crippen LogP contribution < -0.4 is 10.5 Å². The van der Waals surface area contributed by atoms with Crippen molar-refractivity contribution < 1.29 is 28.9 Å². The van der Waals surface area contributed by atoms with Crippen LogP contribution in [-0.4, -0.2) is 36.0 Å². The Balaban J connectivity index is 2.00. The number of benzene rings is 1. The highest BCUT2D eigenvalue weighted by Gasteiger charge is 2.27. The van der Waals surface area contributed by atoms with Crippen molar-refractivity contribution in [3.63, 3.8) is 0 Å². The molecule has 7 nitrogen and oxygen atoms in total. The average Bonchev–Trinajstić information content (AvgIpc) is 2.49. The fourth-order valence-corrected chi connectivity index (χ4v) is 2.33. The van der Waals surface area contributed by atoms with Crippen LogP contribution >= 0.6 is 0 Å². The molecule has 0 amide bonds. The fraction of sp³-hybridized carbons (Fsp3) is 0.500. The smallest absolute Gasteiger partial charge is 0.339 e. The molecule has 0 spiro atoms. The number of ether oxygens (including phenoxy) is 3. The Hall–Kier alpha value is -2.28. The maximum Gasteiger partial charge on any atom is 0.339 e. The van der Waals surface area contributed by atoms with E-state index in [0.717, 1.165) is 6.42 Å². The van der Waals surface area contributed by atoms with Crippen molar-refractivity contribution in [1.29, 1.82) is 0 Å². The van der Waals surface area contributed by atoms with Crippen LogP contribution in [0.15, 0.2) is 18.2 Å². The van der Waals surface area contributed by atoms with Gasteiger partial charge in [0, 0.05) is 24.9 Å². The zero-order valence-corrected chi connectivity index (χ0v) is 13.0. The molecule has 1 aromatic carbocycles. The molecule has 0 aliphatic carbocycles. The summed E-state index contributed by atoms with van der Waals surface area (Å²) >= 11 is 0. The van der Waals surface area contributed by atoms with Gasteiger partial charge in [-0.05, 0) is 24.6 Å². The molecule has 0 radical (unpaired) electrons.